The number of rotatable bonds is 12. The molecule has 12 nitrogen and oxygen atoms in total. The smallest absolute Gasteiger partial charge is 0.351 e. The molecular weight excluding hydrogens is 494 g/mol. The fourth-order valence-electron chi connectivity index (χ4n) is 3.78. The largest absolute Gasteiger partial charge is 0.394 e. The van der Waals surface area contributed by atoms with E-state index in [4.69, 9.17) is 14.2 Å². The van der Waals surface area contributed by atoms with E-state index in [9.17, 15) is 28.2 Å². The van der Waals surface area contributed by atoms with Gasteiger partial charge in [-0.2, -0.15) is 4.98 Å². The van der Waals surface area contributed by atoms with Crippen molar-refractivity contribution in [2.75, 3.05) is 43.8 Å². The number of carbonyl (C=O) groups excluding carboxylic acids is 1. The van der Waals surface area contributed by atoms with Gasteiger partial charge in [0.15, 0.2) is 6.23 Å². The summed E-state index contributed by atoms with van der Waals surface area (Å²) < 4.78 is 41.9. The Hall–Kier alpha value is -2.68. The Bertz CT molecular complexity index is 1190. The molecule has 3 N–H and O–H groups in total. The van der Waals surface area contributed by atoms with E-state index in [1.807, 2.05) is 0 Å². The zero-order valence-electron chi connectivity index (χ0n) is 20.1. The minimum atomic E-state index is -3.41. The predicted octanol–water partition coefficient (Wildman–Crippen LogP) is -0.245. The highest BCUT2D eigenvalue weighted by Crippen LogP contribution is 2.32. The van der Waals surface area contributed by atoms with E-state index in [1.54, 1.807) is 30.3 Å². The second-order valence-corrected chi connectivity index (χ2v) is 10.6. The fourth-order valence-corrected chi connectivity index (χ4v) is 4.58. The predicted molar refractivity (Wildman–Crippen MR) is 130 cm³/mol. The third-order valence-corrected chi connectivity index (χ3v) is 7.47. The van der Waals surface area contributed by atoms with Gasteiger partial charge < -0.3 is 29.7 Å². The number of aromatic nitrogens is 2. The summed E-state index contributed by atoms with van der Waals surface area (Å²) in [5, 5.41) is 22.8. The minimum absolute atomic E-state index is 0.0666. The maximum absolute atomic E-state index is 13.2. The number of methoxy groups -OCH3 is 1. The maximum Gasteiger partial charge on any atom is 0.351 e. The van der Waals surface area contributed by atoms with Gasteiger partial charge in [0, 0.05) is 36.6 Å². The summed E-state index contributed by atoms with van der Waals surface area (Å²) in [6.07, 6.45) is -4.67. The molecule has 1 aromatic carbocycles. The molecule has 0 spiro atoms. The molecule has 198 valence electrons. The molecule has 1 aliphatic heterocycles. The number of sulfone groups is 1. The highest BCUT2D eigenvalue weighted by Gasteiger charge is 2.46. The van der Waals surface area contributed by atoms with Crippen molar-refractivity contribution in [1.29, 1.82) is 0 Å². The number of carbonyl (C=O) groups is 1. The molecule has 0 unspecified atom stereocenters. The lowest BCUT2D eigenvalue weighted by Crippen LogP contribution is -2.40. The van der Waals surface area contributed by atoms with Crippen LogP contribution >= 0.6 is 0 Å². The monoisotopic (exact) mass is 525 g/mol. The normalized spacial score (nSPS) is 22.0. The van der Waals surface area contributed by atoms with Gasteiger partial charge in [0.05, 0.1) is 25.6 Å². The highest BCUT2D eigenvalue weighted by atomic mass is 32.2. The second-order valence-electron chi connectivity index (χ2n) is 8.16. The molecule has 1 aromatic heterocycles. The maximum atomic E-state index is 13.2. The van der Waals surface area contributed by atoms with Gasteiger partial charge >= 0.3 is 5.69 Å². The van der Waals surface area contributed by atoms with Crippen LogP contribution in [0.4, 0.5) is 5.82 Å². The van der Waals surface area contributed by atoms with Gasteiger partial charge in [0.1, 0.15) is 34.0 Å². The first-order valence-corrected chi connectivity index (χ1v) is 13.3. The van der Waals surface area contributed by atoms with Crippen LogP contribution in [0.5, 0.6) is 0 Å². The third kappa shape index (κ3) is 6.75. The first-order chi connectivity index (χ1) is 17.2. The number of aliphatic hydroxyl groups excluding tert-OH is 2. The molecular formula is C23H31N3O9S. The number of ether oxygens (including phenoxy) is 3. The van der Waals surface area contributed by atoms with Gasteiger partial charge in [-0.05, 0) is 12.1 Å². The van der Waals surface area contributed by atoms with Crippen LogP contribution in [-0.4, -0.2) is 90.8 Å². The Kier molecular flexibility index (Phi) is 9.70. The van der Waals surface area contributed by atoms with Crippen molar-refractivity contribution in [2.24, 2.45) is 0 Å². The van der Waals surface area contributed by atoms with E-state index in [2.05, 4.69) is 10.3 Å². The molecule has 13 heteroatoms. The lowest BCUT2D eigenvalue weighted by atomic mass is 10.1. The number of aryl methyl sites for hydroxylation is 1. The summed E-state index contributed by atoms with van der Waals surface area (Å²) in [5.41, 5.74) is -0.300. The number of anilines is 1. The van der Waals surface area contributed by atoms with Gasteiger partial charge in [-0.15, -0.1) is 0 Å². The first-order valence-electron chi connectivity index (χ1n) is 11.4. The lowest BCUT2D eigenvalue weighted by Gasteiger charge is -2.25. The minimum Gasteiger partial charge on any atom is -0.394 e. The molecule has 4 atom stereocenters. The van der Waals surface area contributed by atoms with Gasteiger partial charge in [-0.1, -0.05) is 25.1 Å². The van der Waals surface area contributed by atoms with E-state index >= 15 is 0 Å². The molecule has 0 radical (unpaired) electrons. The quantitative estimate of drug-likeness (QED) is 0.315. The topological polar surface area (TPSA) is 166 Å². The van der Waals surface area contributed by atoms with Gasteiger partial charge in [0.2, 0.25) is 0 Å². The van der Waals surface area contributed by atoms with Crippen LogP contribution in [0.1, 0.15) is 29.2 Å². The molecule has 0 saturated carbocycles. The first kappa shape index (κ1) is 27.9. The number of aliphatic hydroxyl groups is 2. The standard InChI is InChI=1S/C23H31N3O9S/c1-3-36(31,32)12-9-16-13-18(24-21(29)15-7-5-4-6-8-15)25-23(30)26(16)22-20(34-11-10-33-2)19(28)17(14-27)35-22/h4-8,13,17,19-20,22,27-28H,3,9-12,14H2,1-2H3,(H,24,25,29,30)/t17-,19-,20-,22-/m1/s1. The van der Waals surface area contributed by atoms with Crippen LogP contribution in [-0.2, 0) is 30.5 Å². The average Bonchev–Trinajstić information content (AvgIpc) is 3.18. The fraction of sp³-hybridized carbons (Fsp3) is 0.522. The van der Waals surface area contributed by atoms with Crippen molar-refractivity contribution >= 4 is 21.6 Å². The number of nitrogens with one attached hydrogen (secondary N) is 1. The molecule has 0 bridgehead atoms. The molecule has 36 heavy (non-hydrogen) atoms. The number of benzene rings is 1. The van der Waals surface area contributed by atoms with Crippen LogP contribution in [0, 0.1) is 0 Å². The van der Waals surface area contributed by atoms with Crippen molar-refractivity contribution in [2.45, 2.75) is 37.9 Å². The van der Waals surface area contributed by atoms with Crippen LogP contribution in [0.3, 0.4) is 0 Å². The van der Waals surface area contributed by atoms with E-state index in [0.29, 0.717) is 5.56 Å². The second kappa shape index (κ2) is 12.5. The van der Waals surface area contributed by atoms with Crippen molar-refractivity contribution in [1.82, 2.24) is 9.55 Å². The number of nitrogens with zero attached hydrogens (tertiary/aromatic N) is 2. The van der Waals surface area contributed by atoms with Crippen LogP contribution in [0.25, 0.3) is 0 Å². The van der Waals surface area contributed by atoms with Gasteiger partial charge in [0.25, 0.3) is 5.91 Å². The van der Waals surface area contributed by atoms with E-state index < -0.39 is 52.6 Å². The van der Waals surface area contributed by atoms with Gasteiger partial charge in [-0.3, -0.25) is 9.36 Å². The van der Waals surface area contributed by atoms with E-state index in [1.165, 1.54) is 20.1 Å². The van der Waals surface area contributed by atoms with Crippen LogP contribution in [0.15, 0.2) is 41.2 Å². The Balaban J connectivity index is 2.00. The number of hydrogen-bond donors (Lipinski definition) is 3. The Labute approximate surface area is 208 Å². The Morgan fingerprint density at radius 1 is 1.25 bits per heavy atom. The summed E-state index contributed by atoms with van der Waals surface area (Å²) in [7, 11) is -1.93. The molecule has 0 aliphatic carbocycles. The average molecular weight is 526 g/mol. The summed E-state index contributed by atoms with van der Waals surface area (Å²) in [6.45, 7) is 1.26. The SMILES string of the molecule is CCS(=O)(=O)CCc1cc(NC(=O)c2ccccc2)nc(=O)n1[C@@H]1O[C@H](CO)[C@@H](O)[C@H]1OCCOC. The van der Waals surface area contributed by atoms with Crippen LogP contribution < -0.4 is 11.0 Å². The summed E-state index contributed by atoms with van der Waals surface area (Å²) in [4.78, 5) is 29.7. The van der Waals surface area contributed by atoms with Crippen molar-refractivity contribution in [3.63, 3.8) is 0 Å². The van der Waals surface area contributed by atoms with Crippen molar-refractivity contribution in [3.05, 3.63) is 58.1 Å². The lowest BCUT2D eigenvalue weighted by molar-refractivity contribution is -0.0828. The number of hydrogen-bond acceptors (Lipinski definition) is 10. The number of amides is 1. The summed E-state index contributed by atoms with van der Waals surface area (Å²) in [6, 6.07) is 9.70. The Morgan fingerprint density at radius 3 is 2.61 bits per heavy atom. The molecule has 1 saturated heterocycles. The van der Waals surface area contributed by atoms with Crippen LogP contribution in [0.2, 0.25) is 0 Å². The molecule has 2 aromatic rings. The molecule has 2 heterocycles. The van der Waals surface area contributed by atoms with Gasteiger partial charge in [-0.25, -0.2) is 13.2 Å². The van der Waals surface area contributed by atoms with E-state index in [-0.39, 0.29) is 42.7 Å². The third-order valence-electron chi connectivity index (χ3n) is 5.77. The highest BCUT2D eigenvalue weighted by molar-refractivity contribution is 7.91. The molecule has 1 aliphatic rings. The summed E-state index contributed by atoms with van der Waals surface area (Å²) in [5.74, 6) is -0.926. The van der Waals surface area contributed by atoms with E-state index in [0.717, 1.165) is 4.57 Å². The molecule has 3 rings (SSSR count). The van der Waals surface area contributed by atoms with Crippen molar-refractivity contribution in [3.8, 4) is 0 Å². The summed E-state index contributed by atoms with van der Waals surface area (Å²) >= 11 is 0. The molecule has 1 fully saturated rings. The zero-order valence-corrected chi connectivity index (χ0v) is 20.9. The Morgan fingerprint density at radius 2 is 1.97 bits per heavy atom. The van der Waals surface area contributed by atoms with Crippen molar-refractivity contribution < 1.29 is 37.6 Å². The zero-order chi connectivity index (χ0) is 26.3. The molecule has 1 amide bonds.